The van der Waals surface area contributed by atoms with Crippen molar-refractivity contribution < 1.29 is 9.53 Å². The highest BCUT2D eigenvalue weighted by molar-refractivity contribution is 9.10. The van der Waals surface area contributed by atoms with Gasteiger partial charge in [-0.3, -0.25) is 9.69 Å². The molecule has 186 valence electrons. The van der Waals surface area contributed by atoms with Crippen LogP contribution in [0.25, 0.3) is 6.08 Å². The molecule has 0 aliphatic carbocycles. The highest BCUT2D eigenvalue weighted by atomic mass is 79.9. The molecule has 0 aromatic heterocycles. The van der Waals surface area contributed by atoms with Crippen LogP contribution in [0.15, 0.2) is 81.1 Å². The quantitative estimate of drug-likeness (QED) is 0.258. The first kappa shape index (κ1) is 26.2. The van der Waals surface area contributed by atoms with Gasteiger partial charge in [0, 0.05) is 0 Å². The standard InChI is InChI=1S/C30H31BrN2O2S/c1-5-20(4)35-27-17-12-23(18-26(27)31)19-28-29(34)33(25-15-10-22(7-3)11-16-25)30(36-28)32-24-13-8-21(6-2)9-14-24/h8-20H,5-7H2,1-4H3/b28-19-,32-30?/t20-/m1/s1. The van der Waals surface area contributed by atoms with Crippen molar-refractivity contribution in [1.29, 1.82) is 0 Å². The van der Waals surface area contributed by atoms with E-state index < -0.39 is 0 Å². The van der Waals surface area contributed by atoms with Crippen LogP contribution in [0.4, 0.5) is 11.4 Å². The van der Waals surface area contributed by atoms with E-state index in [1.807, 2.05) is 48.5 Å². The maximum absolute atomic E-state index is 13.6. The number of aryl methyl sites for hydroxylation is 2. The lowest BCUT2D eigenvalue weighted by molar-refractivity contribution is -0.113. The number of halogens is 1. The third-order valence-corrected chi connectivity index (χ3v) is 7.72. The van der Waals surface area contributed by atoms with Gasteiger partial charge < -0.3 is 4.74 Å². The summed E-state index contributed by atoms with van der Waals surface area (Å²) in [7, 11) is 0. The van der Waals surface area contributed by atoms with Gasteiger partial charge in [-0.15, -0.1) is 0 Å². The smallest absolute Gasteiger partial charge is 0.271 e. The Morgan fingerprint density at radius 2 is 1.61 bits per heavy atom. The predicted molar refractivity (Wildman–Crippen MR) is 156 cm³/mol. The Hall–Kier alpha value is -2.83. The summed E-state index contributed by atoms with van der Waals surface area (Å²) in [6, 6.07) is 22.2. The van der Waals surface area contributed by atoms with E-state index >= 15 is 0 Å². The lowest BCUT2D eigenvalue weighted by Crippen LogP contribution is -2.28. The van der Waals surface area contributed by atoms with Crippen LogP contribution < -0.4 is 9.64 Å². The second-order valence-corrected chi connectivity index (χ2v) is 10.6. The lowest BCUT2D eigenvalue weighted by Gasteiger charge is -2.16. The zero-order valence-electron chi connectivity index (χ0n) is 21.1. The van der Waals surface area contributed by atoms with E-state index in [1.54, 1.807) is 4.90 Å². The SMILES string of the molecule is CCc1ccc(N=C2S/C(=C\c3ccc(O[C@H](C)CC)c(Br)c3)C(=O)N2c2ccc(CC)cc2)cc1. The van der Waals surface area contributed by atoms with Gasteiger partial charge >= 0.3 is 0 Å². The minimum atomic E-state index is -0.0794. The van der Waals surface area contributed by atoms with E-state index in [-0.39, 0.29) is 12.0 Å². The Bertz CT molecular complexity index is 1280. The minimum absolute atomic E-state index is 0.0794. The molecule has 0 unspecified atom stereocenters. The Morgan fingerprint density at radius 3 is 2.19 bits per heavy atom. The number of anilines is 1. The minimum Gasteiger partial charge on any atom is -0.490 e. The highest BCUT2D eigenvalue weighted by Gasteiger charge is 2.34. The second-order valence-electron chi connectivity index (χ2n) is 8.71. The van der Waals surface area contributed by atoms with E-state index in [0.29, 0.717) is 10.1 Å². The van der Waals surface area contributed by atoms with Crippen molar-refractivity contribution >= 4 is 56.2 Å². The topological polar surface area (TPSA) is 41.9 Å². The number of carbonyl (C=O) groups is 1. The van der Waals surface area contributed by atoms with Crippen molar-refractivity contribution in [1.82, 2.24) is 0 Å². The van der Waals surface area contributed by atoms with Crippen LogP contribution in [0.5, 0.6) is 5.75 Å². The van der Waals surface area contributed by atoms with Gasteiger partial charge in [-0.2, -0.15) is 0 Å². The Morgan fingerprint density at radius 1 is 0.972 bits per heavy atom. The summed E-state index contributed by atoms with van der Waals surface area (Å²) in [5.74, 6) is 0.719. The van der Waals surface area contributed by atoms with E-state index in [9.17, 15) is 4.79 Å². The van der Waals surface area contributed by atoms with Crippen LogP contribution in [-0.2, 0) is 17.6 Å². The average molecular weight is 564 g/mol. The molecule has 1 aliphatic heterocycles. The summed E-state index contributed by atoms with van der Waals surface area (Å²) in [4.78, 5) is 20.8. The molecule has 0 bridgehead atoms. The van der Waals surface area contributed by atoms with Gasteiger partial charge in [0.25, 0.3) is 5.91 Å². The number of amidine groups is 1. The Balaban J connectivity index is 1.69. The zero-order chi connectivity index (χ0) is 25.7. The summed E-state index contributed by atoms with van der Waals surface area (Å²) in [5.41, 5.74) is 5.05. The number of rotatable bonds is 8. The number of thioether (sulfide) groups is 1. The van der Waals surface area contributed by atoms with Gasteiger partial charge in [0.1, 0.15) is 5.75 Å². The highest BCUT2D eigenvalue weighted by Crippen LogP contribution is 2.38. The molecule has 6 heteroatoms. The molecule has 1 amide bonds. The van der Waals surface area contributed by atoms with Crippen molar-refractivity contribution in [2.75, 3.05) is 4.90 Å². The van der Waals surface area contributed by atoms with E-state index in [2.05, 4.69) is 67.9 Å². The Kier molecular flexibility index (Phi) is 8.70. The number of aliphatic imine (C=N–C) groups is 1. The fraction of sp³-hybridized carbons (Fsp3) is 0.267. The van der Waals surface area contributed by atoms with Crippen LogP contribution in [0.2, 0.25) is 0 Å². The van der Waals surface area contributed by atoms with Crippen molar-refractivity contribution in [3.8, 4) is 5.75 Å². The van der Waals surface area contributed by atoms with Crippen molar-refractivity contribution in [2.24, 2.45) is 4.99 Å². The first-order chi connectivity index (χ1) is 17.4. The molecular weight excluding hydrogens is 532 g/mol. The van der Waals surface area contributed by atoms with Crippen LogP contribution in [0, 0.1) is 0 Å². The summed E-state index contributed by atoms with van der Waals surface area (Å²) >= 11 is 5.02. The number of hydrogen-bond donors (Lipinski definition) is 0. The monoisotopic (exact) mass is 562 g/mol. The van der Waals surface area contributed by atoms with Gasteiger partial charge in [-0.1, -0.05) is 51.1 Å². The van der Waals surface area contributed by atoms with Gasteiger partial charge in [0.15, 0.2) is 5.17 Å². The summed E-state index contributed by atoms with van der Waals surface area (Å²) < 4.78 is 6.83. The van der Waals surface area contributed by atoms with Crippen molar-refractivity contribution in [2.45, 2.75) is 53.1 Å². The fourth-order valence-corrected chi connectivity index (χ4v) is 5.22. The van der Waals surface area contributed by atoms with Crippen LogP contribution in [0.3, 0.4) is 0 Å². The molecule has 0 N–H and O–H groups in total. The molecule has 1 fully saturated rings. The first-order valence-corrected chi connectivity index (χ1v) is 14.0. The molecule has 1 atom stereocenters. The molecule has 0 saturated carbocycles. The van der Waals surface area contributed by atoms with Crippen molar-refractivity contribution in [3.05, 3.63) is 92.8 Å². The third-order valence-electron chi connectivity index (χ3n) is 6.14. The molecule has 0 spiro atoms. The average Bonchev–Trinajstić information content (AvgIpc) is 3.20. The molecule has 1 aliphatic rings. The molecule has 4 rings (SSSR count). The van der Waals surface area contributed by atoms with E-state index in [0.717, 1.165) is 46.4 Å². The van der Waals surface area contributed by atoms with E-state index in [1.165, 1.54) is 22.9 Å². The van der Waals surface area contributed by atoms with Crippen LogP contribution >= 0.6 is 27.7 Å². The first-order valence-electron chi connectivity index (χ1n) is 12.4. The fourth-order valence-electron chi connectivity index (χ4n) is 3.73. The maximum Gasteiger partial charge on any atom is 0.271 e. The molecule has 1 heterocycles. The normalized spacial score (nSPS) is 16.7. The number of carbonyl (C=O) groups excluding carboxylic acids is 1. The predicted octanol–water partition coefficient (Wildman–Crippen LogP) is 8.56. The second kappa shape index (κ2) is 11.9. The van der Waals surface area contributed by atoms with Gasteiger partial charge in [0.2, 0.25) is 0 Å². The van der Waals surface area contributed by atoms with Crippen molar-refractivity contribution in [3.63, 3.8) is 0 Å². The number of ether oxygens (including phenoxy) is 1. The van der Waals surface area contributed by atoms with E-state index in [4.69, 9.17) is 9.73 Å². The maximum atomic E-state index is 13.6. The zero-order valence-corrected chi connectivity index (χ0v) is 23.5. The molecule has 0 radical (unpaired) electrons. The van der Waals surface area contributed by atoms with Gasteiger partial charge in [-0.25, -0.2) is 4.99 Å². The molecule has 3 aromatic rings. The Labute approximate surface area is 226 Å². The molecule has 1 saturated heterocycles. The number of nitrogens with zero attached hydrogens (tertiary/aromatic N) is 2. The molecule has 4 nitrogen and oxygen atoms in total. The largest absolute Gasteiger partial charge is 0.490 e. The van der Waals surface area contributed by atoms with Crippen LogP contribution in [-0.4, -0.2) is 17.2 Å². The molecule has 3 aromatic carbocycles. The van der Waals surface area contributed by atoms with Gasteiger partial charge in [-0.05, 0) is 113 Å². The summed E-state index contributed by atoms with van der Waals surface area (Å²) in [6.45, 7) is 8.40. The van der Waals surface area contributed by atoms with Crippen LogP contribution in [0.1, 0.15) is 50.8 Å². The number of hydrogen-bond acceptors (Lipinski definition) is 4. The number of amides is 1. The summed E-state index contributed by atoms with van der Waals surface area (Å²) in [5, 5.41) is 0.649. The molecule has 36 heavy (non-hydrogen) atoms. The lowest BCUT2D eigenvalue weighted by atomic mass is 10.1. The molecular formula is C30H31BrN2O2S. The summed E-state index contributed by atoms with van der Waals surface area (Å²) in [6.07, 6.45) is 4.91. The number of benzene rings is 3. The third kappa shape index (κ3) is 6.11. The van der Waals surface area contributed by atoms with Gasteiger partial charge in [0.05, 0.1) is 26.9 Å².